The molecule has 0 radical (unpaired) electrons. The summed E-state index contributed by atoms with van der Waals surface area (Å²) in [4.78, 5) is 9.79. The molecule has 6 nitrogen and oxygen atoms in total. The molecule has 0 aromatic carbocycles. The topological polar surface area (TPSA) is 49.3 Å². The van der Waals surface area contributed by atoms with Crippen molar-refractivity contribution in [3.8, 4) is 0 Å². The average Bonchev–Trinajstić information content (AvgIpc) is 3.00. The average molecular weight is 454 g/mol. The lowest BCUT2D eigenvalue weighted by Crippen LogP contribution is -2.49. The van der Waals surface area contributed by atoms with Crippen molar-refractivity contribution < 1.29 is 9.47 Å². The zero-order chi connectivity index (χ0) is 16.7. The van der Waals surface area contributed by atoms with E-state index in [9.17, 15) is 0 Å². The first-order valence-electron chi connectivity index (χ1n) is 9.01. The maximum absolute atomic E-state index is 5.53. The van der Waals surface area contributed by atoms with Crippen LogP contribution in [0.2, 0.25) is 0 Å². The van der Waals surface area contributed by atoms with Crippen LogP contribution in [-0.2, 0) is 9.47 Å². The zero-order valence-electron chi connectivity index (χ0n) is 15.7. The van der Waals surface area contributed by atoms with Crippen LogP contribution in [0.5, 0.6) is 0 Å². The number of morpholine rings is 1. The van der Waals surface area contributed by atoms with Gasteiger partial charge in [0.25, 0.3) is 0 Å². The number of hydrogen-bond donors (Lipinski definition) is 1. The Hall–Kier alpha value is -0.120. The second kappa shape index (κ2) is 11.5. The van der Waals surface area contributed by atoms with Crippen molar-refractivity contribution in [1.82, 2.24) is 15.1 Å². The summed E-state index contributed by atoms with van der Waals surface area (Å²) in [6.45, 7) is 14.0. The Morgan fingerprint density at radius 1 is 1.42 bits per heavy atom. The number of rotatable bonds is 6. The maximum atomic E-state index is 5.53. The van der Waals surface area contributed by atoms with Crippen LogP contribution in [0.15, 0.2) is 4.99 Å². The molecule has 0 spiro atoms. The molecule has 0 aromatic rings. The third-order valence-corrected chi connectivity index (χ3v) is 4.81. The van der Waals surface area contributed by atoms with Gasteiger partial charge in [-0.05, 0) is 27.2 Å². The van der Waals surface area contributed by atoms with Crippen molar-refractivity contribution in [3.63, 3.8) is 0 Å². The first-order chi connectivity index (χ1) is 11.2. The lowest BCUT2D eigenvalue weighted by molar-refractivity contribution is -0.0166. The molecule has 3 unspecified atom stereocenters. The van der Waals surface area contributed by atoms with Crippen LogP contribution in [0, 0.1) is 5.92 Å². The van der Waals surface area contributed by atoms with E-state index >= 15 is 0 Å². The van der Waals surface area contributed by atoms with Crippen molar-refractivity contribution in [2.45, 2.75) is 39.3 Å². The lowest BCUT2D eigenvalue weighted by atomic mass is 10.1. The largest absolute Gasteiger partial charge is 0.384 e. The summed E-state index contributed by atoms with van der Waals surface area (Å²) >= 11 is 0. The zero-order valence-corrected chi connectivity index (χ0v) is 18.0. The van der Waals surface area contributed by atoms with Gasteiger partial charge >= 0.3 is 0 Å². The molecule has 24 heavy (non-hydrogen) atoms. The second-order valence-electron chi connectivity index (χ2n) is 6.76. The fraction of sp³-hybridized carbons (Fsp3) is 0.941. The highest BCUT2D eigenvalue weighted by Crippen LogP contribution is 2.17. The predicted molar refractivity (Wildman–Crippen MR) is 109 cm³/mol. The molecule has 2 rings (SSSR count). The maximum Gasteiger partial charge on any atom is 0.193 e. The van der Waals surface area contributed by atoms with Crippen molar-refractivity contribution >= 4 is 29.9 Å². The molecule has 2 fully saturated rings. The minimum atomic E-state index is 0. The molecular weight excluding hydrogens is 419 g/mol. The fourth-order valence-electron chi connectivity index (χ4n) is 3.54. The van der Waals surface area contributed by atoms with Crippen molar-refractivity contribution in [2.75, 3.05) is 59.7 Å². The van der Waals surface area contributed by atoms with E-state index in [-0.39, 0.29) is 24.0 Å². The predicted octanol–water partition coefficient (Wildman–Crippen LogP) is 1.65. The molecule has 0 saturated carbocycles. The number of nitrogens with zero attached hydrogens (tertiary/aromatic N) is 3. The van der Waals surface area contributed by atoms with E-state index in [1.165, 1.54) is 6.42 Å². The Balaban J connectivity index is 0.00000288. The number of halogens is 1. The van der Waals surface area contributed by atoms with Crippen molar-refractivity contribution in [1.29, 1.82) is 0 Å². The van der Waals surface area contributed by atoms with Crippen LogP contribution in [-0.4, -0.2) is 87.5 Å². The molecule has 2 heterocycles. The summed E-state index contributed by atoms with van der Waals surface area (Å²) in [6.07, 6.45) is 1.19. The third kappa shape index (κ3) is 6.31. The van der Waals surface area contributed by atoms with Crippen LogP contribution >= 0.6 is 24.0 Å². The standard InChI is InChI=1S/C17H34N4O2.HI/c1-5-18-17(20-7-6-16(11-20)13-22-4)19-10-14(2)21-8-9-23-12-15(21)3;/h14-16H,5-13H2,1-4H3,(H,18,19);1H. The van der Waals surface area contributed by atoms with E-state index in [1.54, 1.807) is 7.11 Å². The summed E-state index contributed by atoms with van der Waals surface area (Å²) in [7, 11) is 1.78. The highest BCUT2D eigenvalue weighted by atomic mass is 127. The van der Waals surface area contributed by atoms with Gasteiger partial charge < -0.3 is 19.7 Å². The summed E-state index contributed by atoms with van der Waals surface area (Å²) in [6, 6.07) is 0.925. The van der Waals surface area contributed by atoms with E-state index in [1.807, 2.05) is 0 Å². The monoisotopic (exact) mass is 454 g/mol. The first-order valence-corrected chi connectivity index (χ1v) is 9.01. The lowest BCUT2D eigenvalue weighted by Gasteiger charge is -2.37. The van der Waals surface area contributed by atoms with Gasteiger partial charge in [-0.15, -0.1) is 24.0 Å². The number of methoxy groups -OCH3 is 1. The van der Waals surface area contributed by atoms with Crippen molar-refractivity contribution in [3.05, 3.63) is 0 Å². The second-order valence-corrected chi connectivity index (χ2v) is 6.76. The van der Waals surface area contributed by atoms with E-state index in [4.69, 9.17) is 14.5 Å². The molecule has 0 aromatic heterocycles. The molecule has 1 N–H and O–H groups in total. The Morgan fingerprint density at radius 3 is 2.88 bits per heavy atom. The summed E-state index contributed by atoms with van der Waals surface area (Å²) in [5, 5.41) is 3.45. The fourth-order valence-corrected chi connectivity index (χ4v) is 3.54. The summed E-state index contributed by atoms with van der Waals surface area (Å²) in [5.41, 5.74) is 0. The van der Waals surface area contributed by atoms with Crippen molar-refractivity contribution in [2.24, 2.45) is 10.9 Å². The molecule has 0 aliphatic carbocycles. The molecular formula is C17H35IN4O2. The minimum Gasteiger partial charge on any atom is -0.384 e. The number of guanidine groups is 1. The molecule has 2 saturated heterocycles. The number of ether oxygens (including phenoxy) is 2. The number of nitrogens with one attached hydrogen (secondary N) is 1. The first kappa shape index (κ1) is 21.9. The van der Waals surface area contributed by atoms with Gasteiger partial charge in [0.05, 0.1) is 26.4 Å². The number of hydrogen-bond acceptors (Lipinski definition) is 4. The van der Waals surface area contributed by atoms with Gasteiger partial charge in [0.15, 0.2) is 5.96 Å². The molecule has 2 aliphatic heterocycles. The quantitative estimate of drug-likeness (QED) is 0.376. The van der Waals surface area contributed by atoms with E-state index in [0.29, 0.717) is 18.0 Å². The van der Waals surface area contributed by atoms with Gasteiger partial charge in [-0.25, -0.2) is 0 Å². The Kier molecular flexibility index (Phi) is 10.5. The number of likely N-dealkylation sites (tertiary alicyclic amines) is 1. The van der Waals surface area contributed by atoms with Gasteiger partial charge in [0.2, 0.25) is 0 Å². The SMILES string of the molecule is CCNC(=NCC(C)N1CCOCC1C)N1CCC(COC)C1.I. The van der Waals surface area contributed by atoms with E-state index in [2.05, 4.69) is 35.9 Å². The molecule has 7 heteroatoms. The van der Waals surface area contributed by atoms with Crippen LogP contribution in [0.4, 0.5) is 0 Å². The highest BCUT2D eigenvalue weighted by molar-refractivity contribution is 14.0. The third-order valence-electron chi connectivity index (χ3n) is 4.81. The molecule has 0 bridgehead atoms. The molecule has 142 valence electrons. The van der Waals surface area contributed by atoms with Gasteiger partial charge in [0.1, 0.15) is 0 Å². The smallest absolute Gasteiger partial charge is 0.193 e. The Labute approximate surface area is 164 Å². The van der Waals surface area contributed by atoms with Crippen LogP contribution < -0.4 is 5.32 Å². The van der Waals surface area contributed by atoms with E-state index in [0.717, 1.165) is 58.5 Å². The molecule has 0 amide bonds. The summed E-state index contributed by atoms with van der Waals surface area (Å²) < 4.78 is 10.8. The molecule has 2 aliphatic rings. The van der Waals surface area contributed by atoms with Gasteiger partial charge in [-0.1, -0.05) is 0 Å². The van der Waals surface area contributed by atoms with Gasteiger partial charge in [-0.2, -0.15) is 0 Å². The molecule has 3 atom stereocenters. The van der Waals surface area contributed by atoms with Crippen LogP contribution in [0.1, 0.15) is 27.2 Å². The highest BCUT2D eigenvalue weighted by Gasteiger charge is 2.26. The summed E-state index contributed by atoms with van der Waals surface area (Å²) in [5.74, 6) is 1.68. The van der Waals surface area contributed by atoms with Gasteiger partial charge in [-0.3, -0.25) is 9.89 Å². The normalized spacial score (nSPS) is 27.0. The van der Waals surface area contributed by atoms with Gasteiger partial charge in [0, 0.05) is 51.3 Å². The van der Waals surface area contributed by atoms with Crippen LogP contribution in [0.3, 0.4) is 0 Å². The van der Waals surface area contributed by atoms with Crippen LogP contribution in [0.25, 0.3) is 0 Å². The van der Waals surface area contributed by atoms with E-state index < -0.39 is 0 Å². The Morgan fingerprint density at radius 2 is 2.21 bits per heavy atom. The Bertz CT molecular complexity index is 384. The number of aliphatic imine (C=N–C) groups is 1. The minimum absolute atomic E-state index is 0.